The molecular weight excluding hydrogens is 290 g/mol. The van der Waals surface area contributed by atoms with Crippen LogP contribution in [0.3, 0.4) is 0 Å². The number of carbonyl (C=O) groups is 1. The summed E-state index contributed by atoms with van der Waals surface area (Å²) in [4.78, 5) is 11.8. The number of hydrogen-bond acceptors (Lipinski definition) is 4. The van der Waals surface area contributed by atoms with E-state index in [0.29, 0.717) is 5.75 Å². The predicted molar refractivity (Wildman–Crippen MR) is 93.1 cm³/mol. The normalized spacial score (nSPS) is 10.6. The number of ether oxygens (including phenoxy) is 1. The van der Waals surface area contributed by atoms with Gasteiger partial charge in [-0.25, -0.2) is 5.43 Å². The first kappa shape index (κ1) is 16.5. The van der Waals surface area contributed by atoms with Crippen molar-refractivity contribution in [2.45, 2.75) is 13.8 Å². The van der Waals surface area contributed by atoms with E-state index in [0.717, 1.165) is 16.8 Å². The van der Waals surface area contributed by atoms with Gasteiger partial charge in [-0.15, -0.1) is 0 Å². The van der Waals surface area contributed by atoms with Crippen LogP contribution in [0, 0.1) is 13.8 Å². The van der Waals surface area contributed by atoms with Gasteiger partial charge < -0.3 is 10.1 Å². The number of hydrogen-bond donors (Lipinski definition) is 2. The zero-order chi connectivity index (χ0) is 16.7. The van der Waals surface area contributed by atoms with E-state index < -0.39 is 0 Å². The Kier molecular flexibility index (Phi) is 5.74. The summed E-state index contributed by atoms with van der Waals surface area (Å²) in [6.07, 6.45) is 1.65. The predicted octanol–water partition coefficient (Wildman–Crippen LogP) is 2.87. The highest BCUT2D eigenvalue weighted by Crippen LogP contribution is 2.22. The van der Waals surface area contributed by atoms with E-state index in [4.69, 9.17) is 4.74 Å². The molecule has 0 saturated heterocycles. The average Bonchev–Trinajstić information content (AvgIpc) is 2.55. The van der Waals surface area contributed by atoms with E-state index in [1.165, 1.54) is 5.56 Å². The van der Waals surface area contributed by atoms with Crippen molar-refractivity contribution in [3.8, 4) is 5.75 Å². The number of anilines is 1. The van der Waals surface area contributed by atoms with Gasteiger partial charge in [-0.2, -0.15) is 5.10 Å². The molecule has 2 rings (SSSR count). The largest absolute Gasteiger partial charge is 0.495 e. The quantitative estimate of drug-likeness (QED) is 0.637. The summed E-state index contributed by atoms with van der Waals surface area (Å²) in [5.74, 6) is 0.469. The lowest BCUT2D eigenvalue weighted by molar-refractivity contribution is -0.119. The molecule has 0 aromatic heterocycles. The van der Waals surface area contributed by atoms with Crippen LogP contribution in [0.25, 0.3) is 0 Å². The number of para-hydroxylation sites is 2. The van der Waals surface area contributed by atoms with E-state index in [2.05, 4.69) is 21.9 Å². The van der Waals surface area contributed by atoms with Gasteiger partial charge in [0.15, 0.2) is 0 Å². The van der Waals surface area contributed by atoms with Crippen molar-refractivity contribution >= 4 is 17.8 Å². The maximum atomic E-state index is 11.8. The van der Waals surface area contributed by atoms with Crippen LogP contribution in [-0.2, 0) is 4.79 Å². The maximum absolute atomic E-state index is 11.8. The number of nitrogens with zero attached hydrogens (tertiary/aromatic N) is 1. The molecule has 0 unspecified atom stereocenters. The monoisotopic (exact) mass is 311 g/mol. The molecule has 2 N–H and O–H groups in total. The zero-order valence-electron chi connectivity index (χ0n) is 13.6. The molecule has 1 amide bonds. The van der Waals surface area contributed by atoms with Gasteiger partial charge in [0, 0.05) is 0 Å². The van der Waals surface area contributed by atoms with Crippen molar-refractivity contribution in [3.63, 3.8) is 0 Å². The highest BCUT2D eigenvalue weighted by atomic mass is 16.5. The highest BCUT2D eigenvalue weighted by Gasteiger charge is 2.04. The van der Waals surface area contributed by atoms with Crippen molar-refractivity contribution < 1.29 is 9.53 Å². The molecule has 120 valence electrons. The number of amides is 1. The van der Waals surface area contributed by atoms with Crippen molar-refractivity contribution in [1.29, 1.82) is 0 Å². The number of carbonyl (C=O) groups excluding carboxylic acids is 1. The Labute approximate surface area is 136 Å². The molecule has 0 aliphatic heterocycles. The van der Waals surface area contributed by atoms with Gasteiger partial charge in [0.1, 0.15) is 5.75 Å². The van der Waals surface area contributed by atoms with Gasteiger partial charge in [-0.05, 0) is 37.1 Å². The molecule has 0 saturated carbocycles. The second-order valence-electron chi connectivity index (χ2n) is 5.21. The van der Waals surface area contributed by atoms with E-state index in [1.807, 2.05) is 50.2 Å². The Morgan fingerprint density at radius 1 is 1.22 bits per heavy atom. The number of hydrazone groups is 1. The average molecular weight is 311 g/mol. The first-order chi connectivity index (χ1) is 11.1. The lowest BCUT2D eigenvalue weighted by atomic mass is 10.1. The van der Waals surface area contributed by atoms with E-state index in [1.54, 1.807) is 13.3 Å². The molecule has 23 heavy (non-hydrogen) atoms. The van der Waals surface area contributed by atoms with Crippen molar-refractivity contribution in [1.82, 2.24) is 5.43 Å². The second kappa shape index (κ2) is 7.98. The third kappa shape index (κ3) is 4.85. The fraction of sp³-hybridized carbons (Fsp3) is 0.222. The van der Waals surface area contributed by atoms with Crippen LogP contribution in [0.4, 0.5) is 5.69 Å². The lowest BCUT2D eigenvalue weighted by Gasteiger charge is -2.09. The van der Waals surface area contributed by atoms with Crippen LogP contribution in [0.1, 0.15) is 16.7 Å². The number of benzene rings is 2. The van der Waals surface area contributed by atoms with E-state index >= 15 is 0 Å². The summed E-state index contributed by atoms with van der Waals surface area (Å²) in [6.45, 7) is 4.17. The summed E-state index contributed by atoms with van der Waals surface area (Å²) in [5, 5.41) is 7.01. The van der Waals surface area contributed by atoms with Gasteiger partial charge in [0.25, 0.3) is 5.91 Å². The first-order valence-electron chi connectivity index (χ1n) is 7.36. The Morgan fingerprint density at radius 3 is 2.74 bits per heavy atom. The fourth-order valence-corrected chi connectivity index (χ4v) is 2.15. The molecule has 0 aliphatic rings. The maximum Gasteiger partial charge on any atom is 0.259 e. The summed E-state index contributed by atoms with van der Waals surface area (Å²) in [7, 11) is 1.59. The highest BCUT2D eigenvalue weighted by molar-refractivity contribution is 5.85. The Hall–Kier alpha value is -2.82. The van der Waals surface area contributed by atoms with Gasteiger partial charge >= 0.3 is 0 Å². The van der Waals surface area contributed by atoms with Crippen LogP contribution in [0.2, 0.25) is 0 Å². The Morgan fingerprint density at radius 2 is 2.00 bits per heavy atom. The van der Waals surface area contributed by atoms with Crippen LogP contribution in [0.5, 0.6) is 5.75 Å². The van der Waals surface area contributed by atoms with Crippen LogP contribution >= 0.6 is 0 Å². The van der Waals surface area contributed by atoms with Crippen LogP contribution in [-0.4, -0.2) is 25.8 Å². The number of nitrogens with one attached hydrogen (secondary N) is 2. The summed E-state index contributed by atoms with van der Waals surface area (Å²) >= 11 is 0. The van der Waals surface area contributed by atoms with Crippen molar-refractivity contribution in [2.75, 3.05) is 19.0 Å². The van der Waals surface area contributed by atoms with Gasteiger partial charge in [0.05, 0.1) is 25.6 Å². The zero-order valence-corrected chi connectivity index (χ0v) is 13.6. The Bertz CT molecular complexity index is 711. The minimum Gasteiger partial charge on any atom is -0.495 e. The molecular formula is C18H21N3O2. The minimum absolute atomic E-state index is 0.116. The molecule has 2 aromatic carbocycles. The third-order valence-electron chi connectivity index (χ3n) is 3.36. The summed E-state index contributed by atoms with van der Waals surface area (Å²) < 4.78 is 5.22. The second-order valence-corrected chi connectivity index (χ2v) is 5.21. The molecule has 0 radical (unpaired) electrons. The van der Waals surface area contributed by atoms with Crippen molar-refractivity contribution in [2.24, 2.45) is 5.10 Å². The standard InChI is InChI=1S/C18H21N3O2/c1-13-8-9-15(14(2)10-13)11-20-21-18(22)12-19-16-6-4-5-7-17(16)23-3/h4-11,19H,12H2,1-3H3,(H,21,22)/b20-11+. The molecule has 0 fully saturated rings. The third-order valence-corrected chi connectivity index (χ3v) is 3.36. The minimum atomic E-state index is -0.225. The number of methoxy groups -OCH3 is 1. The van der Waals surface area contributed by atoms with Gasteiger partial charge in [-0.1, -0.05) is 35.9 Å². The molecule has 0 aliphatic carbocycles. The van der Waals surface area contributed by atoms with Crippen molar-refractivity contribution in [3.05, 3.63) is 59.2 Å². The molecule has 0 heterocycles. The van der Waals surface area contributed by atoms with Crippen LogP contribution in [0.15, 0.2) is 47.6 Å². The fourth-order valence-electron chi connectivity index (χ4n) is 2.15. The number of aryl methyl sites for hydroxylation is 2. The van der Waals surface area contributed by atoms with E-state index in [-0.39, 0.29) is 12.5 Å². The number of rotatable bonds is 6. The first-order valence-corrected chi connectivity index (χ1v) is 7.36. The summed E-state index contributed by atoms with van der Waals surface area (Å²) in [6, 6.07) is 13.5. The molecule has 0 bridgehead atoms. The molecule has 2 aromatic rings. The molecule has 5 nitrogen and oxygen atoms in total. The smallest absolute Gasteiger partial charge is 0.259 e. The van der Waals surface area contributed by atoms with Crippen LogP contribution < -0.4 is 15.5 Å². The summed E-state index contributed by atoms with van der Waals surface area (Å²) in [5.41, 5.74) is 6.57. The molecule has 5 heteroatoms. The topological polar surface area (TPSA) is 62.7 Å². The van der Waals surface area contributed by atoms with Gasteiger partial charge in [-0.3, -0.25) is 4.79 Å². The van der Waals surface area contributed by atoms with Gasteiger partial charge in [0.2, 0.25) is 0 Å². The SMILES string of the molecule is COc1ccccc1NCC(=O)N/N=C/c1ccc(C)cc1C. The molecule has 0 spiro atoms. The lowest BCUT2D eigenvalue weighted by Crippen LogP contribution is -2.26. The van der Waals surface area contributed by atoms with E-state index in [9.17, 15) is 4.79 Å². The Balaban J connectivity index is 1.86. The molecule has 0 atom stereocenters.